The number of hydrogen-bond acceptors (Lipinski definition) is 3. The van der Waals surface area contributed by atoms with Crippen molar-refractivity contribution >= 4 is 29.1 Å². The van der Waals surface area contributed by atoms with Crippen molar-refractivity contribution in [2.45, 2.75) is 18.9 Å². The standard InChI is InChI=1S/C20H15Cl2NO3/c21-14-9-15(22)11-17(10-14)25-19-6-5-18(26-19)20(24)23-16-7-12-3-1-2-4-13(12)8-16/h1-6,9-11,16H,7-8H2,(H,23,24). The Morgan fingerprint density at radius 2 is 1.65 bits per heavy atom. The molecule has 0 saturated heterocycles. The molecule has 0 unspecified atom stereocenters. The van der Waals surface area contributed by atoms with Crippen molar-refractivity contribution in [1.29, 1.82) is 0 Å². The molecule has 1 aromatic heterocycles. The summed E-state index contributed by atoms with van der Waals surface area (Å²) in [5.41, 5.74) is 2.55. The van der Waals surface area contributed by atoms with E-state index in [0.717, 1.165) is 12.8 Å². The van der Waals surface area contributed by atoms with E-state index in [4.69, 9.17) is 32.4 Å². The maximum absolute atomic E-state index is 12.4. The smallest absolute Gasteiger partial charge is 0.290 e. The third kappa shape index (κ3) is 3.71. The summed E-state index contributed by atoms with van der Waals surface area (Å²) in [4.78, 5) is 12.4. The van der Waals surface area contributed by atoms with Gasteiger partial charge in [0.2, 0.25) is 0 Å². The van der Waals surface area contributed by atoms with Gasteiger partial charge in [-0.15, -0.1) is 0 Å². The Kier molecular flexibility index (Phi) is 4.62. The molecule has 4 nitrogen and oxygen atoms in total. The monoisotopic (exact) mass is 387 g/mol. The number of halogens is 2. The average Bonchev–Trinajstić information content (AvgIpc) is 3.20. The third-order valence-corrected chi connectivity index (χ3v) is 4.68. The first-order valence-corrected chi connectivity index (χ1v) is 8.94. The van der Waals surface area contributed by atoms with Gasteiger partial charge in [0.1, 0.15) is 5.75 Å². The zero-order valence-corrected chi connectivity index (χ0v) is 15.2. The molecular formula is C20H15Cl2NO3. The molecule has 2 aromatic carbocycles. The zero-order chi connectivity index (χ0) is 18.1. The lowest BCUT2D eigenvalue weighted by molar-refractivity contribution is 0.0905. The fraction of sp³-hybridized carbons (Fsp3) is 0.150. The molecule has 132 valence electrons. The van der Waals surface area contributed by atoms with Gasteiger partial charge in [0, 0.05) is 22.2 Å². The van der Waals surface area contributed by atoms with Crippen LogP contribution in [0.2, 0.25) is 10.0 Å². The van der Waals surface area contributed by atoms with Crippen LogP contribution in [-0.4, -0.2) is 11.9 Å². The minimum atomic E-state index is -0.262. The molecule has 1 aliphatic rings. The van der Waals surface area contributed by atoms with Crippen LogP contribution in [0.1, 0.15) is 21.7 Å². The predicted octanol–water partition coefficient (Wildman–Crippen LogP) is 5.28. The van der Waals surface area contributed by atoms with E-state index in [1.165, 1.54) is 11.1 Å². The SMILES string of the molecule is O=C(NC1Cc2ccccc2C1)c1ccc(Oc2cc(Cl)cc(Cl)c2)o1. The number of ether oxygens (including phenoxy) is 1. The topological polar surface area (TPSA) is 51.5 Å². The predicted molar refractivity (Wildman–Crippen MR) is 100 cm³/mol. The van der Waals surface area contributed by atoms with Crippen LogP contribution in [0, 0.1) is 0 Å². The molecule has 1 heterocycles. The van der Waals surface area contributed by atoms with Crippen LogP contribution in [-0.2, 0) is 12.8 Å². The highest BCUT2D eigenvalue weighted by Gasteiger charge is 2.24. The average molecular weight is 388 g/mol. The van der Waals surface area contributed by atoms with E-state index in [-0.39, 0.29) is 23.7 Å². The molecule has 3 aromatic rings. The van der Waals surface area contributed by atoms with Crippen LogP contribution in [0.3, 0.4) is 0 Å². The summed E-state index contributed by atoms with van der Waals surface area (Å²) in [6.07, 6.45) is 1.65. The number of carbonyl (C=O) groups is 1. The van der Waals surface area contributed by atoms with E-state index in [2.05, 4.69) is 17.4 Å². The van der Waals surface area contributed by atoms with Crippen molar-refractivity contribution < 1.29 is 13.9 Å². The molecule has 1 N–H and O–H groups in total. The second kappa shape index (κ2) is 7.06. The van der Waals surface area contributed by atoms with Crippen molar-refractivity contribution in [1.82, 2.24) is 5.32 Å². The van der Waals surface area contributed by atoms with Crippen molar-refractivity contribution in [3.63, 3.8) is 0 Å². The molecule has 0 atom stereocenters. The minimum Gasteiger partial charge on any atom is -0.426 e. The number of fused-ring (bicyclic) bond motifs is 1. The third-order valence-electron chi connectivity index (χ3n) is 4.25. The van der Waals surface area contributed by atoms with Crippen molar-refractivity contribution in [3.05, 3.63) is 81.5 Å². The largest absolute Gasteiger partial charge is 0.426 e. The number of hydrogen-bond donors (Lipinski definition) is 1. The highest BCUT2D eigenvalue weighted by molar-refractivity contribution is 6.34. The van der Waals surface area contributed by atoms with Gasteiger partial charge in [0.15, 0.2) is 5.76 Å². The Hall–Kier alpha value is -2.43. The van der Waals surface area contributed by atoms with Gasteiger partial charge in [-0.2, -0.15) is 0 Å². The Morgan fingerprint density at radius 3 is 2.31 bits per heavy atom. The number of rotatable bonds is 4. The fourth-order valence-electron chi connectivity index (χ4n) is 3.12. The molecule has 0 spiro atoms. The summed E-state index contributed by atoms with van der Waals surface area (Å²) >= 11 is 11.9. The van der Waals surface area contributed by atoms with E-state index in [1.54, 1.807) is 30.3 Å². The van der Waals surface area contributed by atoms with Gasteiger partial charge in [0.25, 0.3) is 11.9 Å². The molecule has 0 aliphatic heterocycles. The Bertz CT molecular complexity index is 922. The Labute approximate surface area is 160 Å². The summed E-state index contributed by atoms with van der Waals surface area (Å²) in [6.45, 7) is 0. The lowest BCUT2D eigenvalue weighted by atomic mass is 10.1. The van der Waals surface area contributed by atoms with Crippen LogP contribution < -0.4 is 10.1 Å². The van der Waals surface area contributed by atoms with Crippen LogP contribution in [0.25, 0.3) is 0 Å². The lowest BCUT2D eigenvalue weighted by Crippen LogP contribution is -2.35. The molecule has 26 heavy (non-hydrogen) atoms. The maximum Gasteiger partial charge on any atom is 0.290 e. The van der Waals surface area contributed by atoms with Crippen molar-refractivity contribution in [3.8, 4) is 11.7 Å². The first kappa shape index (κ1) is 17.0. The number of carbonyl (C=O) groups excluding carboxylic acids is 1. The number of furan rings is 1. The Morgan fingerprint density at radius 1 is 1.00 bits per heavy atom. The van der Waals surface area contributed by atoms with Gasteiger partial charge >= 0.3 is 0 Å². The summed E-state index contributed by atoms with van der Waals surface area (Å²) < 4.78 is 11.1. The second-order valence-corrected chi connectivity index (χ2v) is 7.05. The maximum atomic E-state index is 12.4. The van der Waals surface area contributed by atoms with Gasteiger partial charge in [-0.25, -0.2) is 0 Å². The molecule has 6 heteroatoms. The summed E-state index contributed by atoms with van der Waals surface area (Å²) in [7, 11) is 0. The molecule has 4 rings (SSSR count). The van der Waals surface area contributed by atoms with E-state index in [1.807, 2.05) is 12.1 Å². The first-order valence-electron chi connectivity index (χ1n) is 8.18. The molecular weight excluding hydrogens is 373 g/mol. The van der Waals surface area contributed by atoms with E-state index in [0.29, 0.717) is 15.8 Å². The van der Waals surface area contributed by atoms with Gasteiger partial charge < -0.3 is 14.5 Å². The van der Waals surface area contributed by atoms with Crippen molar-refractivity contribution in [2.24, 2.45) is 0 Å². The summed E-state index contributed by atoms with van der Waals surface area (Å²) in [5, 5.41) is 3.92. The van der Waals surface area contributed by atoms with Crippen LogP contribution in [0.4, 0.5) is 0 Å². The normalized spacial score (nSPS) is 13.5. The minimum absolute atomic E-state index is 0.0705. The molecule has 0 fully saturated rings. The van der Waals surface area contributed by atoms with Crippen LogP contribution >= 0.6 is 23.2 Å². The number of amides is 1. The molecule has 1 aliphatic carbocycles. The summed E-state index contributed by atoms with van der Waals surface area (Å²) in [5.74, 6) is 0.573. The van der Waals surface area contributed by atoms with Gasteiger partial charge in [-0.3, -0.25) is 4.79 Å². The highest BCUT2D eigenvalue weighted by atomic mass is 35.5. The number of benzene rings is 2. The molecule has 0 radical (unpaired) electrons. The fourth-order valence-corrected chi connectivity index (χ4v) is 3.62. The molecule has 1 amide bonds. The molecule has 0 bridgehead atoms. The van der Waals surface area contributed by atoms with Gasteiger partial charge in [-0.1, -0.05) is 47.5 Å². The van der Waals surface area contributed by atoms with Crippen LogP contribution in [0.5, 0.6) is 11.7 Å². The first-order chi connectivity index (χ1) is 12.6. The summed E-state index contributed by atoms with van der Waals surface area (Å²) in [6, 6.07) is 16.3. The molecule has 0 saturated carbocycles. The van der Waals surface area contributed by atoms with Crippen LogP contribution in [0.15, 0.2) is 59.0 Å². The second-order valence-electron chi connectivity index (χ2n) is 6.17. The highest BCUT2D eigenvalue weighted by Crippen LogP contribution is 2.29. The van der Waals surface area contributed by atoms with Gasteiger partial charge in [-0.05, 0) is 48.2 Å². The van der Waals surface area contributed by atoms with E-state index in [9.17, 15) is 4.79 Å². The van der Waals surface area contributed by atoms with Crippen molar-refractivity contribution in [2.75, 3.05) is 0 Å². The van der Waals surface area contributed by atoms with E-state index < -0.39 is 0 Å². The van der Waals surface area contributed by atoms with E-state index >= 15 is 0 Å². The van der Waals surface area contributed by atoms with Gasteiger partial charge in [0.05, 0.1) is 0 Å². The lowest BCUT2D eigenvalue weighted by Gasteiger charge is -2.10. The quantitative estimate of drug-likeness (QED) is 0.662. The zero-order valence-electron chi connectivity index (χ0n) is 13.7. The number of nitrogens with one attached hydrogen (secondary N) is 1. The Balaban J connectivity index is 1.41.